The number of amides is 1. The van der Waals surface area contributed by atoms with E-state index in [-0.39, 0.29) is 29.1 Å². The summed E-state index contributed by atoms with van der Waals surface area (Å²) in [5, 5.41) is 2.82. The fourth-order valence-electron chi connectivity index (χ4n) is 2.21. The molecule has 0 bridgehead atoms. The summed E-state index contributed by atoms with van der Waals surface area (Å²) in [7, 11) is -1.80. The average molecular weight is 388 g/mol. The number of halogens is 2. The number of rotatable bonds is 4. The van der Waals surface area contributed by atoms with Gasteiger partial charge in [-0.25, -0.2) is 8.42 Å². The molecular formula is C12H19Cl2N3O3S2. The van der Waals surface area contributed by atoms with Crippen molar-refractivity contribution in [3.8, 4) is 0 Å². The Bertz CT molecular complexity index is 607. The summed E-state index contributed by atoms with van der Waals surface area (Å²) in [5.74, 6) is -0.00378. The molecule has 2 heterocycles. The Hall–Kier alpha value is -0.380. The van der Waals surface area contributed by atoms with Crippen molar-refractivity contribution in [2.75, 3.05) is 39.8 Å². The molecule has 1 saturated heterocycles. The standard InChI is InChI=1S/C12H18ClN3O3S2.ClH/c1-14-9-11(17)15-5-2-6-16(8-7-15)21(18,19)12-4-3-10(13)20-12;/h3-4,14H,2,5-9H2,1H3;1H. The van der Waals surface area contributed by atoms with E-state index in [9.17, 15) is 13.2 Å². The number of carbonyl (C=O) groups excluding carboxylic acids is 1. The average Bonchev–Trinajstić information content (AvgIpc) is 2.74. The summed E-state index contributed by atoms with van der Waals surface area (Å²) in [4.78, 5) is 13.6. The van der Waals surface area contributed by atoms with Crippen LogP contribution in [0, 0.1) is 0 Å². The first-order chi connectivity index (χ1) is 9.95. The molecule has 2 rings (SSSR count). The van der Waals surface area contributed by atoms with Crippen molar-refractivity contribution in [3.05, 3.63) is 16.5 Å². The Labute approximate surface area is 145 Å². The molecule has 22 heavy (non-hydrogen) atoms. The molecule has 1 amide bonds. The van der Waals surface area contributed by atoms with Crippen LogP contribution in [-0.4, -0.2) is 63.3 Å². The Balaban J connectivity index is 0.00000242. The van der Waals surface area contributed by atoms with E-state index >= 15 is 0 Å². The zero-order valence-electron chi connectivity index (χ0n) is 12.1. The van der Waals surface area contributed by atoms with Crippen LogP contribution in [-0.2, 0) is 14.8 Å². The van der Waals surface area contributed by atoms with Gasteiger partial charge in [0, 0.05) is 26.2 Å². The maximum Gasteiger partial charge on any atom is 0.252 e. The normalized spacial score (nSPS) is 16.9. The van der Waals surface area contributed by atoms with E-state index < -0.39 is 10.0 Å². The topological polar surface area (TPSA) is 69.7 Å². The molecule has 1 aromatic rings. The van der Waals surface area contributed by atoms with E-state index in [2.05, 4.69) is 5.32 Å². The van der Waals surface area contributed by atoms with Crippen molar-refractivity contribution in [1.82, 2.24) is 14.5 Å². The van der Waals surface area contributed by atoms with Gasteiger partial charge in [0.25, 0.3) is 10.0 Å². The van der Waals surface area contributed by atoms with E-state index in [1.54, 1.807) is 18.0 Å². The maximum atomic E-state index is 12.5. The first-order valence-electron chi connectivity index (χ1n) is 6.63. The Morgan fingerprint density at radius 2 is 2.05 bits per heavy atom. The summed E-state index contributed by atoms with van der Waals surface area (Å²) in [6, 6.07) is 3.11. The number of carbonyl (C=O) groups is 1. The first-order valence-corrected chi connectivity index (χ1v) is 9.26. The summed E-state index contributed by atoms with van der Waals surface area (Å²) in [6.45, 7) is 2.00. The molecule has 1 N–H and O–H groups in total. The monoisotopic (exact) mass is 387 g/mol. The Morgan fingerprint density at radius 1 is 1.32 bits per heavy atom. The lowest BCUT2D eigenvalue weighted by Gasteiger charge is -2.21. The van der Waals surface area contributed by atoms with Gasteiger partial charge in [-0.2, -0.15) is 4.31 Å². The lowest BCUT2D eigenvalue weighted by molar-refractivity contribution is -0.129. The van der Waals surface area contributed by atoms with Crippen LogP contribution in [0.25, 0.3) is 0 Å². The van der Waals surface area contributed by atoms with Crippen LogP contribution in [0.4, 0.5) is 0 Å². The van der Waals surface area contributed by atoms with Gasteiger partial charge in [0.1, 0.15) is 4.21 Å². The van der Waals surface area contributed by atoms with Crippen LogP contribution in [0.15, 0.2) is 16.3 Å². The van der Waals surface area contributed by atoms with Crippen molar-refractivity contribution >= 4 is 51.3 Å². The quantitative estimate of drug-likeness (QED) is 0.844. The lowest BCUT2D eigenvalue weighted by atomic mass is 10.4. The number of likely N-dealkylation sites (N-methyl/N-ethyl adjacent to an activating group) is 1. The molecule has 126 valence electrons. The van der Waals surface area contributed by atoms with Crippen molar-refractivity contribution in [2.24, 2.45) is 0 Å². The number of hydrogen-bond acceptors (Lipinski definition) is 5. The number of sulfonamides is 1. The van der Waals surface area contributed by atoms with Crippen LogP contribution in [0.5, 0.6) is 0 Å². The smallest absolute Gasteiger partial charge is 0.252 e. The molecule has 0 spiro atoms. The fraction of sp³-hybridized carbons (Fsp3) is 0.583. The highest BCUT2D eigenvalue weighted by Crippen LogP contribution is 2.28. The predicted molar refractivity (Wildman–Crippen MR) is 90.5 cm³/mol. The summed E-state index contributed by atoms with van der Waals surface area (Å²) < 4.78 is 27.2. The van der Waals surface area contributed by atoms with Gasteiger partial charge >= 0.3 is 0 Å². The SMILES string of the molecule is CNCC(=O)N1CCCN(S(=O)(=O)c2ccc(Cl)s2)CC1.Cl. The van der Waals surface area contributed by atoms with Gasteiger partial charge in [-0.1, -0.05) is 11.6 Å². The van der Waals surface area contributed by atoms with Crippen molar-refractivity contribution in [1.29, 1.82) is 0 Å². The molecule has 0 radical (unpaired) electrons. The largest absolute Gasteiger partial charge is 0.340 e. The fourth-order valence-corrected chi connectivity index (χ4v) is 5.32. The molecule has 10 heteroatoms. The van der Waals surface area contributed by atoms with Crippen LogP contribution < -0.4 is 5.32 Å². The molecule has 0 saturated carbocycles. The van der Waals surface area contributed by atoms with Gasteiger partial charge in [-0.05, 0) is 25.6 Å². The van der Waals surface area contributed by atoms with Gasteiger partial charge < -0.3 is 10.2 Å². The Kier molecular flexibility index (Phi) is 7.57. The molecule has 0 unspecified atom stereocenters. The van der Waals surface area contributed by atoms with Crippen molar-refractivity contribution in [2.45, 2.75) is 10.6 Å². The van der Waals surface area contributed by atoms with Gasteiger partial charge in [0.05, 0.1) is 10.9 Å². The van der Waals surface area contributed by atoms with Crippen LogP contribution in [0.1, 0.15) is 6.42 Å². The first kappa shape index (κ1) is 19.7. The minimum atomic E-state index is -3.51. The highest BCUT2D eigenvalue weighted by atomic mass is 35.5. The van der Waals surface area contributed by atoms with Crippen LogP contribution >= 0.6 is 35.3 Å². The van der Waals surface area contributed by atoms with E-state index in [0.29, 0.717) is 36.9 Å². The maximum absolute atomic E-state index is 12.5. The third-order valence-electron chi connectivity index (χ3n) is 3.28. The molecule has 0 aliphatic carbocycles. The van der Waals surface area contributed by atoms with Crippen molar-refractivity contribution < 1.29 is 13.2 Å². The van der Waals surface area contributed by atoms with Crippen molar-refractivity contribution in [3.63, 3.8) is 0 Å². The van der Waals surface area contributed by atoms with Gasteiger partial charge in [0.2, 0.25) is 5.91 Å². The third kappa shape index (κ3) is 4.56. The molecule has 1 aliphatic rings. The number of hydrogen-bond donors (Lipinski definition) is 1. The zero-order chi connectivity index (χ0) is 15.5. The number of nitrogens with one attached hydrogen (secondary N) is 1. The zero-order valence-corrected chi connectivity index (χ0v) is 15.3. The summed E-state index contributed by atoms with van der Waals surface area (Å²) in [6.07, 6.45) is 0.633. The van der Waals surface area contributed by atoms with Crippen LogP contribution in [0.3, 0.4) is 0 Å². The van der Waals surface area contributed by atoms with Crippen LogP contribution in [0.2, 0.25) is 4.34 Å². The summed E-state index contributed by atoms with van der Waals surface area (Å²) >= 11 is 6.87. The Morgan fingerprint density at radius 3 is 2.64 bits per heavy atom. The second-order valence-corrected chi connectivity index (χ2v) is 8.61. The summed E-state index contributed by atoms with van der Waals surface area (Å²) in [5.41, 5.74) is 0. The minimum absolute atomic E-state index is 0. The second-order valence-electron chi connectivity index (χ2n) is 4.73. The molecule has 0 atom stereocenters. The van der Waals surface area contributed by atoms with Gasteiger partial charge in [0.15, 0.2) is 0 Å². The van der Waals surface area contributed by atoms with Gasteiger partial charge in [-0.3, -0.25) is 4.79 Å². The molecule has 1 aliphatic heterocycles. The molecular weight excluding hydrogens is 369 g/mol. The highest BCUT2D eigenvalue weighted by molar-refractivity contribution is 7.91. The lowest BCUT2D eigenvalue weighted by Crippen LogP contribution is -2.40. The van der Waals surface area contributed by atoms with E-state index in [1.807, 2.05) is 0 Å². The second kappa shape index (κ2) is 8.47. The molecule has 6 nitrogen and oxygen atoms in total. The number of thiophene rings is 1. The van der Waals surface area contributed by atoms with E-state index in [1.165, 1.54) is 10.4 Å². The van der Waals surface area contributed by atoms with E-state index in [0.717, 1.165) is 11.3 Å². The van der Waals surface area contributed by atoms with Gasteiger partial charge in [-0.15, -0.1) is 23.7 Å². The minimum Gasteiger partial charge on any atom is -0.340 e. The molecule has 1 aromatic heterocycles. The van der Waals surface area contributed by atoms with E-state index in [4.69, 9.17) is 11.6 Å². The third-order valence-corrected chi connectivity index (χ3v) is 6.88. The molecule has 1 fully saturated rings. The highest BCUT2D eigenvalue weighted by Gasteiger charge is 2.29. The number of nitrogens with zero attached hydrogens (tertiary/aromatic N) is 2. The predicted octanol–water partition coefficient (Wildman–Crippen LogP) is 1.27. The molecule has 0 aromatic carbocycles.